The molecule has 0 bridgehead atoms. The Hall–Kier alpha value is -3.30. The number of nitrogens with zero attached hydrogens (tertiary/aromatic N) is 4. The van der Waals surface area contributed by atoms with Crippen molar-refractivity contribution in [3.05, 3.63) is 64.7 Å². The topological polar surface area (TPSA) is 85.4 Å². The summed E-state index contributed by atoms with van der Waals surface area (Å²) in [5.74, 6) is 0.456. The van der Waals surface area contributed by atoms with Gasteiger partial charge in [-0.25, -0.2) is 14.8 Å². The van der Waals surface area contributed by atoms with E-state index in [0.29, 0.717) is 24.5 Å². The molecule has 2 aromatic rings. The molecule has 2 aromatic carbocycles. The van der Waals surface area contributed by atoms with Crippen LogP contribution in [0.3, 0.4) is 0 Å². The van der Waals surface area contributed by atoms with Crippen molar-refractivity contribution >= 4 is 29.4 Å². The number of halogens is 1. The largest absolute Gasteiger partial charge is 0.497 e. The Bertz CT molecular complexity index is 1110. The van der Waals surface area contributed by atoms with Crippen LogP contribution < -0.4 is 10.1 Å². The molecule has 2 fully saturated rings. The van der Waals surface area contributed by atoms with Gasteiger partial charge in [0.2, 0.25) is 11.8 Å². The van der Waals surface area contributed by atoms with Gasteiger partial charge in [0.05, 0.1) is 20.2 Å². The number of ether oxygens (including phenoxy) is 1. The van der Waals surface area contributed by atoms with E-state index in [-0.39, 0.29) is 30.9 Å². The minimum atomic E-state index is -0.630. The average Bonchev–Trinajstić information content (AvgIpc) is 2.86. The van der Waals surface area contributed by atoms with Gasteiger partial charge < -0.3 is 19.9 Å². The molecule has 0 unspecified atom stereocenters. The van der Waals surface area contributed by atoms with Crippen LogP contribution in [0.4, 0.5) is 4.79 Å². The van der Waals surface area contributed by atoms with E-state index in [4.69, 9.17) is 16.3 Å². The Labute approximate surface area is 216 Å². The normalized spacial score (nSPS) is 20.4. The summed E-state index contributed by atoms with van der Waals surface area (Å²) in [4.78, 5) is 43.3. The lowest BCUT2D eigenvalue weighted by Crippen LogP contribution is -2.75. The van der Waals surface area contributed by atoms with Gasteiger partial charge in [-0.3, -0.25) is 9.59 Å². The molecular formula is C26H32ClN5O4. The number of hydrogen-bond donors (Lipinski definition) is 1. The summed E-state index contributed by atoms with van der Waals surface area (Å²) >= 11 is 6.38. The number of carbonyl (C=O) groups is 3. The number of rotatable bonds is 7. The lowest BCUT2D eigenvalue weighted by Gasteiger charge is -2.54. The fourth-order valence-electron chi connectivity index (χ4n) is 4.83. The van der Waals surface area contributed by atoms with E-state index in [2.05, 4.69) is 5.32 Å². The Morgan fingerprint density at radius 2 is 1.86 bits per heavy atom. The number of fused-ring (bicyclic) bond motifs is 1. The molecule has 192 valence electrons. The molecule has 4 amide bonds. The van der Waals surface area contributed by atoms with Crippen LogP contribution in [0.15, 0.2) is 48.5 Å². The maximum atomic E-state index is 13.5. The molecule has 0 radical (unpaired) electrons. The molecule has 0 aliphatic carbocycles. The second-order valence-corrected chi connectivity index (χ2v) is 9.47. The van der Waals surface area contributed by atoms with Gasteiger partial charge in [-0.1, -0.05) is 55.3 Å². The number of urea groups is 1. The SMILES string of the molecule is CCC[C@H]1C(=O)N(Cc2ccccc2Cl)C[C@H]2N1C(=O)CN(C)N2C(=O)NCc1ccc(OC)cc1. The highest BCUT2D eigenvalue weighted by Crippen LogP contribution is 2.29. The molecule has 2 atom stereocenters. The molecule has 0 saturated carbocycles. The Kier molecular flexibility index (Phi) is 8.01. The lowest BCUT2D eigenvalue weighted by molar-refractivity contribution is -0.188. The summed E-state index contributed by atoms with van der Waals surface area (Å²) in [7, 11) is 3.32. The number of methoxy groups -OCH3 is 1. The zero-order valence-corrected chi connectivity index (χ0v) is 21.6. The highest BCUT2D eigenvalue weighted by Gasteiger charge is 2.50. The minimum Gasteiger partial charge on any atom is -0.497 e. The van der Waals surface area contributed by atoms with Gasteiger partial charge in [0.1, 0.15) is 18.0 Å². The molecule has 9 nitrogen and oxygen atoms in total. The molecule has 10 heteroatoms. The van der Waals surface area contributed by atoms with Crippen LogP contribution in [0.2, 0.25) is 5.02 Å². The van der Waals surface area contributed by atoms with Crippen molar-refractivity contribution < 1.29 is 19.1 Å². The van der Waals surface area contributed by atoms with E-state index >= 15 is 0 Å². The van der Waals surface area contributed by atoms with Crippen LogP contribution >= 0.6 is 11.6 Å². The maximum absolute atomic E-state index is 13.5. The summed E-state index contributed by atoms with van der Waals surface area (Å²) in [5, 5.41) is 6.71. The lowest BCUT2D eigenvalue weighted by atomic mass is 10.0. The van der Waals surface area contributed by atoms with Crippen LogP contribution in [-0.4, -0.2) is 77.1 Å². The molecule has 2 heterocycles. The van der Waals surface area contributed by atoms with Crippen LogP contribution in [0.1, 0.15) is 30.9 Å². The molecule has 1 N–H and O–H groups in total. The first-order valence-corrected chi connectivity index (χ1v) is 12.5. The molecule has 4 rings (SSSR count). The van der Waals surface area contributed by atoms with Crippen molar-refractivity contribution in [1.82, 2.24) is 25.1 Å². The molecule has 36 heavy (non-hydrogen) atoms. The van der Waals surface area contributed by atoms with Gasteiger partial charge in [0, 0.05) is 25.2 Å². The zero-order valence-electron chi connectivity index (χ0n) is 20.8. The average molecular weight is 514 g/mol. The molecule has 2 aliphatic rings. The number of hydrogen-bond acceptors (Lipinski definition) is 5. The monoisotopic (exact) mass is 513 g/mol. The second kappa shape index (κ2) is 11.2. The Balaban J connectivity index is 1.57. The molecule has 2 aliphatic heterocycles. The van der Waals surface area contributed by atoms with E-state index in [1.807, 2.05) is 49.4 Å². The summed E-state index contributed by atoms with van der Waals surface area (Å²) in [6, 6.07) is 13.9. The Morgan fingerprint density at radius 3 is 2.53 bits per heavy atom. The molecule has 0 spiro atoms. The number of amides is 4. The van der Waals surface area contributed by atoms with Crippen molar-refractivity contribution in [2.24, 2.45) is 0 Å². The maximum Gasteiger partial charge on any atom is 0.334 e. The van der Waals surface area contributed by atoms with Gasteiger partial charge >= 0.3 is 6.03 Å². The third kappa shape index (κ3) is 5.27. The van der Waals surface area contributed by atoms with Crippen molar-refractivity contribution in [1.29, 1.82) is 0 Å². The van der Waals surface area contributed by atoms with Gasteiger partial charge in [-0.15, -0.1) is 0 Å². The first-order chi connectivity index (χ1) is 17.3. The highest BCUT2D eigenvalue weighted by molar-refractivity contribution is 6.31. The number of nitrogens with one attached hydrogen (secondary N) is 1. The number of benzene rings is 2. The zero-order chi connectivity index (χ0) is 25.8. The van der Waals surface area contributed by atoms with Gasteiger partial charge in [-0.2, -0.15) is 0 Å². The third-order valence-corrected chi connectivity index (χ3v) is 7.00. The first-order valence-electron chi connectivity index (χ1n) is 12.1. The van der Waals surface area contributed by atoms with E-state index in [1.54, 1.807) is 40.0 Å². The summed E-state index contributed by atoms with van der Waals surface area (Å²) in [6.45, 7) is 2.81. The van der Waals surface area contributed by atoms with E-state index < -0.39 is 12.2 Å². The summed E-state index contributed by atoms with van der Waals surface area (Å²) < 4.78 is 5.19. The van der Waals surface area contributed by atoms with E-state index in [9.17, 15) is 14.4 Å². The van der Waals surface area contributed by atoms with Crippen molar-refractivity contribution in [2.45, 2.75) is 45.1 Å². The number of piperazine rings is 1. The molecule has 2 saturated heterocycles. The van der Waals surface area contributed by atoms with Crippen LogP contribution in [-0.2, 0) is 22.7 Å². The quantitative estimate of drug-likeness (QED) is 0.615. The fraction of sp³-hybridized carbons (Fsp3) is 0.423. The first kappa shape index (κ1) is 25.8. The number of carbonyl (C=O) groups excluding carboxylic acids is 3. The summed E-state index contributed by atoms with van der Waals surface area (Å²) in [6.07, 6.45) is 0.626. The number of hydrazine groups is 1. The molecular weight excluding hydrogens is 482 g/mol. The van der Waals surface area contributed by atoms with E-state index in [0.717, 1.165) is 23.3 Å². The summed E-state index contributed by atoms with van der Waals surface area (Å²) in [5.41, 5.74) is 1.74. The fourth-order valence-corrected chi connectivity index (χ4v) is 5.03. The van der Waals surface area contributed by atoms with Crippen LogP contribution in [0, 0.1) is 0 Å². The van der Waals surface area contributed by atoms with E-state index in [1.165, 1.54) is 0 Å². The van der Waals surface area contributed by atoms with Crippen molar-refractivity contribution in [2.75, 3.05) is 27.2 Å². The van der Waals surface area contributed by atoms with Gasteiger partial charge in [-0.05, 0) is 35.7 Å². The van der Waals surface area contributed by atoms with Gasteiger partial charge in [0.25, 0.3) is 0 Å². The van der Waals surface area contributed by atoms with Crippen LogP contribution in [0.5, 0.6) is 5.75 Å². The standard InChI is InChI=1S/C26H32ClN5O4/c1-4-7-22-25(34)30(15-19-8-5-6-9-21(19)27)16-23-31(22)24(33)17-29(2)32(23)26(35)28-14-18-10-12-20(36-3)13-11-18/h5-6,8-13,22-23H,4,7,14-17H2,1-3H3,(H,28,35)/t22-,23-/m0/s1. The Morgan fingerprint density at radius 1 is 1.14 bits per heavy atom. The predicted molar refractivity (Wildman–Crippen MR) is 136 cm³/mol. The second-order valence-electron chi connectivity index (χ2n) is 9.06. The van der Waals surface area contributed by atoms with Crippen LogP contribution in [0.25, 0.3) is 0 Å². The predicted octanol–water partition coefficient (Wildman–Crippen LogP) is 3.09. The minimum absolute atomic E-state index is 0.0183. The third-order valence-electron chi connectivity index (χ3n) is 6.63. The molecule has 0 aromatic heterocycles. The van der Waals surface area contributed by atoms with Crippen molar-refractivity contribution in [3.8, 4) is 5.75 Å². The van der Waals surface area contributed by atoms with Gasteiger partial charge in [0.15, 0.2) is 0 Å². The smallest absolute Gasteiger partial charge is 0.334 e. The number of likely N-dealkylation sites (N-methyl/N-ethyl adjacent to an activating group) is 1. The van der Waals surface area contributed by atoms with Crippen molar-refractivity contribution in [3.63, 3.8) is 0 Å². The highest BCUT2D eigenvalue weighted by atomic mass is 35.5.